The second-order valence-corrected chi connectivity index (χ2v) is 7.94. The van der Waals surface area contributed by atoms with Crippen molar-refractivity contribution in [3.63, 3.8) is 0 Å². The Balaban J connectivity index is 1.93. The van der Waals surface area contributed by atoms with Gasteiger partial charge in [0, 0.05) is 39.3 Å². The molecule has 0 radical (unpaired) electrons. The van der Waals surface area contributed by atoms with Gasteiger partial charge in [-0.15, -0.1) is 0 Å². The van der Waals surface area contributed by atoms with E-state index in [9.17, 15) is 8.42 Å². The first-order chi connectivity index (χ1) is 8.91. The van der Waals surface area contributed by atoms with Crippen LogP contribution in [0.4, 0.5) is 0 Å². The van der Waals surface area contributed by atoms with Crippen LogP contribution in [0.3, 0.4) is 0 Å². The maximum absolute atomic E-state index is 11.5. The zero-order valence-electron chi connectivity index (χ0n) is 12.2. The number of hydrogen-bond donors (Lipinski definition) is 0. The van der Waals surface area contributed by atoms with Gasteiger partial charge >= 0.3 is 0 Å². The molecule has 3 unspecified atom stereocenters. The lowest BCUT2D eigenvalue weighted by Gasteiger charge is -2.44. The molecule has 1 aliphatic carbocycles. The Hall–Kier alpha value is -0.170. The average molecular weight is 290 g/mol. The number of hydrogen-bond acceptors (Lipinski definition) is 4. The molecule has 0 aromatic rings. The second-order valence-electron chi connectivity index (χ2n) is 5.96. The molecular weight excluding hydrogens is 264 g/mol. The van der Waals surface area contributed by atoms with Crippen molar-refractivity contribution in [3.05, 3.63) is 0 Å². The molecule has 0 aromatic heterocycles. The van der Waals surface area contributed by atoms with E-state index in [1.165, 1.54) is 19.1 Å². The number of rotatable bonds is 3. The molecule has 0 N–H and O–H groups in total. The first kappa shape index (κ1) is 15.2. The Kier molecular flexibility index (Phi) is 4.87. The maximum Gasteiger partial charge on any atom is 0.211 e. The van der Waals surface area contributed by atoms with Gasteiger partial charge in [0.1, 0.15) is 0 Å². The molecule has 0 amide bonds. The van der Waals surface area contributed by atoms with Crippen molar-refractivity contribution < 1.29 is 13.2 Å². The van der Waals surface area contributed by atoms with E-state index in [-0.39, 0.29) is 0 Å². The predicted octanol–water partition coefficient (Wildman–Crippen LogP) is 0.767. The van der Waals surface area contributed by atoms with Gasteiger partial charge < -0.3 is 4.74 Å². The molecule has 1 saturated carbocycles. The zero-order chi connectivity index (χ0) is 14.0. The van der Waals surface area contributed by atoms with Crippen LogP contribution in [0.2, 0.25) is 0 Å². The summed E-state index contributed by atoms with van der Waals surface area (Å²) in [5, 5.41) is 0. The van der Waals surface area contributed by atoms with Gasteiger partial charge in [-0.25, -0.2) is 8.42 Å². The van der Waals surface area contributed by atoms with Crippen LogP contribution in [0.5, 0.6) is 0 Å². The van der Waals surface area contributed by atoms with Crippen LogP contribution in [0.15, 0.2) is 0 Å². The highest BCUT2D eigenvalue weighted by molar-refractivity contribution is 7.88. The number of ether oxygens (including phenoxy) is 1. The molecule has 1 heterocycles. The molecular formula is C13H26N2O3S. The van der Waals surface area contributed by atoms with Crippen LogP contribution in [0, 0.1) is 5.92 Å². The third-order valence-corrected chi connectivity index (χ3v) is 5.84. The van der Waals surface area contributed by atoms with E-state index >= 15 is 0 Å². The van der Waals surface area contributed by atoms with Crippen LogP contribution in [0.1, 0.15) is 26.2 Å². The normalized spacial score (nSPS) is 35.4. The van der Waals surface area contributed by atoms with Gasteiger partial charge in [-0.2, -0.15) is 4.31 Å². The molecule has 0 aromatic carbocycles. The third kappa shape index (κ3) is 3.68. The summed E-state index contributed by atoms with van der Waals surface area (Å²) in [5.74, 6) is 0.735. The highest BCUT2D eigenvalue weighted by Crippen LogP contribution is 2.30. The predicted molar refractivity (Wildman–Crippen MR) is 75.6 cm³/mol. The minimum atomic E-state index is -3.03. The lowest BCUT2D eigenvalue weighted by Crippen LogP contribution is -2.56. The van der Waals surface area contributed by atoms with Crippen LogP contribution in [-0.2, 0) is 14.8 Å². The highest BCUT2D eigenvalue weighted by Gasteiger charge is 2.35. The Morgan fingerprint density at radius 1 is 1.11 bits per heavy atom. The summed E-state index contributed by atoms with van der Waals surface area (Å²) in [6.07, 6.45) is 5.12. The van der Waals surface area contributed by atoms with Crippen molar-refractivity contribution in [1.29, 1.82) is 0 Å². The van der Waals surface area contributed by atoms with E-state index in [0.717, 1.165) is 25.4 Å². The van der Waals surface area contributed by atoms with Crippen LogP contribution in [-0.4, -0.2) is 69.3 Å². The van der Waals surface area contributed by atoms with Crippen molar-refractivity contribution in [3.8, 4) is 0 Å². The lowest BCUT2D eigenvalue weighted by atomic mass is 9.84. The number of piperazine rings is 1. The van der Waals surface area contributed by atoms with Crippen LogP contribution >= 0.6 is 0 Å². The molecule has 1 saturated heterocycles. The molecule has 2 rings (SSSR count). The molecule has 5 nitrogen and oxygen atoms in total. The molecule has 3 atom stereocenters. The summed E-state index contributed by atoms with van der Waals surface area (Å²) in [6.45, 7) is 5.16. The monoisotopic (exact) mass is 290 g/mol. The van der Waals surface area contributed by atoms with Crippen molar-refractivity contribution in [2.45, 2.75) is 38.3 Å². The molecule has 0 bridgehead atoms. The fourth-order valence-corrected chi connectivity index (χ4v) is 4.18. The highest BCUT2D eigenvalue weighted by atomic mass is 32.2. The third-order valence-electron chi connectivity index (χ3n) is 4.53. The summed E-state index contributed by atoms with van der Waals surface area (Å²) in [7, 11) is -1.24. The van der Waals surface area contributed by atoms with Gasteiger partial charge in [0.15, 0.2) is 0 Å². The average Bonchev–Trinajstić information content (AvgIpc) is 2.37. The van der Waals surface area contributed by atoms with Gasteiger partial charge in [-0.05, 0) is 25.2 Å². The number of sulfonamides is 1. The molecule has 19 heavy (non-hydrogen) atoms. The van der Waals surface area contributed by atoms with E-state index in [0.29, 0.717) is 25.2 Å². The minimum Gasteiger partial charge on any atom is -0.380 e. The Labute approximate surface area is 117 Å². The van der Waals surface area contributed by atoms with Crippen molar-refractivity contribution >= 4 is 10.0 Å². The largest absolute Gasteiger partial charge is 0.380 e. The fourth-order valence-electron chi connectivity index (χ4n) is 3.35. The van der Waals surface area contributed by atoms with Crippen LogP contribution < -0.4 is 0 Å². The standard InChI is InChI=1S/C13H26N2O3S/c1-11-4-5-12(13(10-11)18-2)14-6-8-15(9-7-14)19(3,16)17/h11-13H,4-10H2,1-3H3. The summed E-state index contributed by atoms with van der Waals surface area (Å²) in [5.41, 5.74) is 0. The van der Waals surface area contributed by atoms with Gasteiger partial charge in [0.05, 0.1) is 12.4 Å². The molecule has 1 aliphatic heterocycles. The van der Waals surface area contributed by atoms with E-state index < -0.39 is 10.0 Å². The topological polar surface area (TPSA) is 49.9 Å². The second kappa shape index (κ2) is 6.08. The quantitative estimate of drug-likeness (QED) is 0.770. The van der Waals surface area contributed by atoms with Crippen molar-refractivity contribution in [1.82, 2.24) is 9.21 Å². The van der Waals surface area contributed by atoms with E-state index in [4.69, 9.17) is 4.74 Å². The van der Waals surface area contributed by atoms with Crippen molar-refractivity contribution in [2.75, 3.05) is 39.5 Å². The SMILES string of the molecule is COC1CC(C)CCC1N1CCN(S(C)(=O)=O)CC1. The first-order valence-electron chi connectivity index (χ1n) is 7.13. The van der Waals surface area contributed by atoms with Gasteiger partial charge in [-0.1, -0.05) is 6.92 Å². The number of methoxy groups -OCH3 is 1. The van der Waals surface area contributed by atoms with Gasteiger partial charge in [-0.3, -0.25) is 4.90 Å². The molecule has 0 spiro atoms. The van der Waals surface area contributed by atoms with Gasteiger partial charge in [0.2, 0.25) is 10.0 Å². The van der Waals surface area contributed by atoms with E-state index in [2.05, 4.69) is 11.8 Å². The smallest absolute Gasteiger partial charge is 0.211 e. The molecule has 2 aliphatic rings. The first-order valence-corrected chi connectivity index (χ1v) is 8.98. The van der Waals surface area contributed by atoms with Gasteiger partial charge in [0.25, 0.3) is 0 Å². The Bertz CT molecular complexity index is 391. The summed E-state index contributed by atoms with van der Waals surface area (Å²) in [6, 6.07) is 0.461. The van der Waals surface area contributed by atoms with Crippen LogP contribution in [0.25, 0.3) is 0 Å². The number of nitrogens with zero attached hydrogens (tertiary/aromatic N) is 2. The van der Waals surface area contributed by atoms with Crippen molar-refractivity contribution in [2.24, 2.45) is 5.92 Å². The Morgan fingerprint density at radius 3 is 2.26 bits per heavy atom. The molecule has 2 fully saturated rings. The lowest BCUT2D eigenvalue weighted by molar-refractivity contribution is -0.0320. The summed E-state index contributed by atoms with van der Waals surface area (Å²) < 4.78 is 30.3. The molecule has 112 valence electrons. The Morgan fingerprint density at radius 2 is 1.74 bits per heavy atom. The summed E-state index contributed by atoms with van der Waals surface area (Å²) >= 11 is 0. The maximum atomic E-state index is 11.5. The fraction of sp³-hybridized carbons (Fsp3) is 1.00. The zero-order valence-corrected chi connectivity index (χ0v) is 13.0. The van der Waals surface area contributed by atoms with E-state index in [1.54, 1.807) is 11.4 Å². The van der Waals surface area contributed by atoms with E-state index in [1.807, 2.05) is 0 Å². The molecule has 6 heteroatoms. The summed E-state index contributed by atoms with van der Waals surface area (Å²) in [4.78, 5) is 2.42. The minimum absolute atomic E-state index is 0.300.